The van der Waals surface area contributed by atoms with Crippen LogP contribution in [0.3, 0.4) is 0 Å². The average molecular weight is 268 g/mol. The normalized spacial score (nSPS) is 10.3. The van der Waals surface area contributed by atoms with Crippen molar-refractivity contribution in [2.45, 2.75) is 19.8 Å². The van der Waals surface area contributed by atoms with E-state index in [4.69, 9.17) is 5.73 Å². The first-order valence-corrected chi connectivity index (χ1v) is 6.75. The Morgan fingerprint density at radius 1 is 1.10 bits per heavy atom. The molecule has 3 nitrogen and oxygen atoms in total. The van der Waals surface area contributed by atoms with Crippen molar-refractivity contribution >= 4 is 17.3 Å². The molecule has 2 N–H and O–H groups in total. The second-order valence-corrected chi connectivity index (χ2v) is 4.94. The van der Waals surface area contributed by atoms with Crippen molar-refractivity contribution in [2.75, 3.05) is 17.7 Å². The maximum absolute atomic E-state index is 12.3. The lowest BCUT2D eigenvalue weighted by molar-refractivity contribution is -0.118. The number of carbonyl (C=O) groups is 1. The highest BCUT2D eigenvalue weighted by Gasteiger charge is 2.13. The number of carbonyl (C=O) groups excluding carboxylic acids is 1. The number of aryl methyl sites for hydroxylation is 2. The largest absolute Gasteiger partial charge is 0.399 e. The van der Waals surface area contributed by atoms with Gasteiger partial charge in [0, 0.05) is 24.8 Å². The first-order chi connectivity index (χ1) is 9.59. The molecule has 0 bridgehead atoms. The monoisotopic (exact) mass is 268 g/mol. The summed E-state index contributed by atoms with van der Waals surface area (Å²) >= 11 is 0. The van der Waals surface area contributed by atoms with Gasteiger partial charge >= 0.3 is 0 Å². The van der Waals surface area contributed by atoms with Crippen molar-refractivity contribution in [3.63, 3.8) is 0 Å². The third-order valence-corrected chi connectivity index (χ3v) is 3.51. The molecule has 3 heteroatoms. The molecule has 0 saturated carbocycles. The summed E-state index contributed by atoms with van der Waals surface area (Å²) in [6.45, 7) is 2.01. The molecule has 0 aliphatic rings. The van der Waals surface area contributed by atoms with Crippen LogP contribution in [0.15, 0.2) is 48.5 Å². The van der Waals surface area contributed by atoms with Crippen LogP contribution in [-0.4, -0.2) is 13.0 Å². The zero-order chi connectivity index (χ0) is 14.5. The summed E-state index contributed by atoms with van der Waals surface area (Å²) in [5.41, 5.74) is 9.73. The fourth-order valence-electron chi connectivity index (χ4n) is 2.25. The van der Waals surface area contributed by atoms with Crippen LogP contribution in [0.1, 0.15) is 17.5 Å². The highest BCUT2D eigenvalue weighted by molar-refractivity contribution is 5.93. The Balaban J connectivity index is 2.02. The number of nitrogen functional groups attached to an aromatic ring is 1. The van der Waals surface area contributed by atoms with E-state index in [2.05, 4.69) is 0 Å². The molecule has 0 fully saturated rings. The van der Waals surface area contributed by atoms with Crippen LogP contribution < -0.4 is 10.6 Å². The Morgan fingerprint density at radius 3 is 2.45 bits per heavy atom. The summed E-state index contributed by atoms with van der Waals surface area (Å²) in [6, 6.07) is 15.6. The van der Waals surface area contributed by atoms with Gasteiger partial charge in [0.2, 0.25) is 5.91 Å². The number of amides is 1. The van der Waals surface area contributed by atoms with Crippen LogP contribution in [-0.2, 0) is 11.2 Å². The topological polar surface area (TPSA) is 46.3 Å². The summed E-state index contributed by atoms with van der Waals surface area (Å²) in [7, 11) is 1.82. The molecule has 2 aromatic carbocycles. The van der Waals surface area contributed by atoms with Crippen LogP contribution in [0.2, 0.25) is 0 Å². The zero-order valence-corrected chi connectivity index (χ0v) is 12.0. The SMILES string of the molecule is Cc1ccccc1N(C)C(=O)CCc1ccccc1N. The van der Waals surface area contributed by atoms with Crippen LogP contribution in [0.4, 0.5) is 11.4 Å². The van der Waals surface area contributed by atoms with E-state index in [0.717, 1.165) is 22.5 Å². The number of hydrogen-bond acceptors (Lipinski definition) is 2. The van der Waals surface area contributed by atoms with Gasteiger partial charge in [0.25, 0.3) is 0 Å². The standard InChI is InChI=1S/C17H20N2O/c1-13-7-3-6-10-16(13)19(2)17(20)12-11-14-8-4-5-9-15(14)18/h3-10H,11-12,18H2,1-2H3. The number of benzene rings is 2. The molecule has 0 saturated heterocycles. The van der Waals surface area contributed by atoms with Crippen molar-refractivity contribution in [3.05, 3.63) is 59.7 Å². The molecule has 0 atom stereocenters. The van der Waals surface area contributed by atoms with Crippen molar-refractivity contribution in [2.24, 2.45) is 0 Å². The van der Waals surface area contributed by atoms with Crippen molar-refractivity contribution in [1.82, 2.24) is 0 Å². The molecule has 0 radical (unpaired) electrons. The summed E-state index contributed by atoms with van der Waals surface area (Å²) in [4.78, 5) is 14.0. The minimum absolute atomic E-state index is 0.0996. The number of para-hydroxylation sites is 2. The van der Waals surface area contributed by atoms with Crippen LogP contribution in [0.25, 0.3) is 0 Å². The molecular formula is C17H20N2O. The molecular weight excluding hydrogens is 248 g/mol. The Labute approximate surface area is 120 Å². The summed E-state index contributed by atoms with van der Waals surface area (Å²) in [6.07, 6.45) is 1.13. The van der Waals surface area contributed by atoms with Gasteiger partial charge in [-0.3, -0.25) is 4.79 Å². The average Bonchev–Trinajstić information content (AvgIpc) is 2.46. The van der Waals surface area contributed by atoms with Gasteiger partial charge in [-0.25, -0.2) is 0 Å². The van der Waals surface area contributed by atoms with E-state index in [1.165, 1.54) is 0 Å². The van der Waals surface area contributed by atoms with Gasteiger partial charge in [-0.15, -0.1) is 0 Å². The molecule has 2 aromatic rings. The highest BCUT2D eigenvalue weighted by atomic mass is 16.2. The van der Waals surface area contributed by atoms with E-state index < -0.39 is 0 Å². The zero-order valence-electron chi connectivity index (χ0n) is 12.0. The Hall–Kier alpha value is -2.29. The molecule has 0 spiro atoms. The number of nitrogens with two attached hydrogens (primary N) is 1. The number of rotatable bonds is 4. The molecule has 20 heavy (non-hydrogen) atoms. The predicted molar refractivity (Wildman–Crippen MR) is 83.8 cm³/mol. The minimum Gasteiger partial charge on any atom is -0.399 e. The van der Waals surface area contributed by atoms with E-state index in [9.17, 15) is 4.79 Å². The van der Waals surface area contributed by atoms with Crippen molar-refractivity contribution < 1.29 is 4.79 Å². The molecule has 1 amide bonds. The number of hydrogen-bond donors (Lipinski definition) is 1. The molecule has 2 rings (SSSR count). The van der Waals surface area contributed by atoms with Crippen molar-refractivity contribution in [3.8, 4) is 0 Å². The molecule has 0 aliphatic carbocycles. The lowest BCUT2D eigenvalue weighted by Crippen LogP contribution is -2.27. The second-order valence-electron chi connectivity index (χ2n) is 4.94. The first kappa shape index (κ1) is 14.1. The maximum atomic E-state index is 12.3. The van der Waals surface area contributed by atoms with E-state index in [1.807, 2.05) is 62.5 Å². The van der Waals surface area contributed by atoms with Gasteiger partial charge in [-0.05, 0) is 36.6 Å². The third-order valence-electron chi connectivity index (χ3n) is 3.51. The second kappa shape index (κ2) is 6.24. The number of nitrogens with zero attached hydrogens (tertiary/aromatic N) is 1. The Kier molecular flexibility index (Phi) is 4.41. The van der Waals surface area contributed by atoms with Gasteiger partial charge in [-0.1, -0.05) is 36.4 Å². The lowest BCUT2D eigenvalue weighted by Gasteiger charge is -2.19. The Bertz CT molecular complexity index is 607. The van der Waals surface area contributed by atoms with Crippen molar-refractivity contribution in [1.29, 1.82) is 0 Å². The van der Waals surface area contributed by atoms with Crippen LogP contribution in [0, 0.1) is 6.92 Å². The molecule has 0 aromatic heterocycles. The van der Waals surface area contributed by atoms with Gasteiger partial charge < -0.3 is 10.6 Å². The van der Waals surface area contributed by atoms with E-state index in [1.54, 1.807) is 4.90 Å². The van der Waals surface area contributed by atoms with Gasteiger partial charge in [0.15, 0.2) is 0 Å². The van der Waals surface area contributed by atoms with Crippen LogP contribution >= 0.6 is 0 Å². The quantitative estimate of drug-likeness (QED) is 0.866. The third kappa shape index (κ3) is 3.18. The Morgan fingerprint density at radius 2 is 1.75 bits per heavy atom. The van der Waals surface area contributed by atoms with E-state index in [0.29, 0.717) is 12.8 Å². The number of anilines is 2. The molecule has 0 aliphatic heterocycles. The molecule has 0 unspecified atom stereocenters. The smallest absolute Gasteiger partial charge is 0.227 e. The highest BCUT2D eigenvalue weighted by Crippen LogP contribution is 2.20. The predicted octanol–water partition coefficient (Wildman–Crippen LogP) is 3.17. The summed E-state index contributed by atoms with van der Waals surface area (Å²) in [5.74, 6) is 0.0996. The van der Waals surface area contributed by atoms with E-state index in [-0.39, 0.29) is 5.91 Å². The fourth-order valence-corrected chi connectivity index (χ4v) is 2.25. The maximum Gasteiger partial charge on any atom is 0.227 e. The van der Waals surface area contributed by atoms with Crippen LogP contribution in [0.5, 0.6) is 0 Å². The fraction of sp³-hybridized carbons (Fsp3) is 0.235. The lowest BCUT2D eigenvalue weighted by atomic mass is 10.1. The van der Waals surface area contributed by atoms with E-state index >= 15 is 0 Å². The summed E-state index contributed by atoms with van der Waals surface area (Å²) in [5, 5.41) is 0. The molecule has 0 heterocycles. The first-order valence-electron chi connectivity index (χ1n) is 6.75. The van der Waals surface area contributed by atoms with Gasteiger partial charge in [0.1, 0.15) is 0 Å². The molecule has 104 valence electrons. The summed E-state index contributed by atoms with van der Waals surface area (Å²) < 4.78 is 0. The minimum atomic E-state index is 0.0996. The van der Waals surface area contributed by atoms with Gasteiger partial charge in [0.05, 0.1) is 0 Å². The van der Waals surface area contributed by atoms with Gasteiger partial charge in [-0.2, -0.15) is 0 Å².